The van der Waals surface area contributed by atoms with Crippen LogP contribution in [0.5, 0.6) is 5.75 Å². The third-order valence-corrected chi connectivity index (χ3v) is 7.77. The highest BCUT2D eigenvalue weighted by molar-refractivity contribution is 7.89. The van der Waals surface area contributed by atoms with Gasteiger partial charge < -0.3 is 19.4 Å². The van der Waals surface area contributed by atoms with E-state index in [9.17, 15) is 22.8 Å². The van der Waals surface area contributed by atoms with Gasteiger partial charge in [0, 0.05) is 23.7 Å². The number of primary sulfonamides is 1. The zero-order valence-corrected chi connectivity index (χ0v) is 21.2. The van der Waals surface area contributed by atoms with E-state index in [0.717, 1.165) is 5.56 Å². The van der Waals surface area contributed by atoms with Gasteiger partial charge in [0.05, 0.1) is 24.2 Å². The molecule has 4 heterocycles. The summed E-state index contributed by atoms with van der Waals surface area (Å²) in [6.45, 7) is 0.0578. The quantitative estimate of drug-likeness (QED) is 0.307. The number of sulfonamides is 1. The van der Waals surface area contributed by atoms with Gasteiger partial charge in [-0.2, -0.15) is 0 Å². The molecule has 1 fully saturated rings. The van der Waals surface area contributed by atoms with E-state index in [4.69, 9.17) is 14.3 Å². The number of pyridine rings is 1. The van der Waals surface area contributed by atoms with E-state index >= 15 is 0 Å². The molecule has 0 spiro atoms. The van der Waals surface area contributed by atoms with Crippen LogP contribution in [0.3, 0.4) is 0 Å². The molecule has 39 heavy (non-hydrogen) atoms. The lowest BCUT2D eigenvalue weighted by Gasteiger charge is -2.28. The summed E-state index contributed by atoms with van der Waals surface area (Å²) >= 11 is 0. The van der Waals surface area contributed by atoms with E-state index in [1.165, 1.54) is 24.1 Å². The van der Waals surface area contributed by atoms with Crippen molar-refractivity contribution < 1.29 is 32.0 Å². The Kier molecular flexibility index (Phi) is 5.45. The Balaban J connectivity index is 1.36. The molecule has 12 nitrogen and oxygen atoms in total. The number of methoxy groups -OCH3 is 1. The molecule has 2 aliphatic rings. The first-order valence-corrected chi connectivity index (χ1v) is 13.3. The number of fused-ring (bicyclic) bond motifs is 2. The predicted octanol–water partition coefficient (Wildman–Crippen LogP) is 1.84. The Morgan fingerprint density at radius 1 is 1.08 bits per heavy atom. The van der Waals surface area contributed by atoms with Gasteiger partial charge in [0.25, 0.3) is 11.8 Å². The van der Waals surface area contributed by atoms with Crippen LogP contribution >= 0.6 is 0 Å². The SMILES string of the molecule is COc1ccc2c(c1)C(=O)N(C[C@@]1(c3cc4nc(-c5ccc(S(N)(=O)=O)cc5)ccc4o3)NC(=O)NC1=O)C2. The molecule has 0 bridgehead atoms. The molecule has 0 radical (unpaired) electrons. The van der Waals surface area contributed by atoms with Crippen LogP contribution in [-0.4, -0.2) is 49.8 Å². The number of nitrogens with zero attached hydrogens (tertiary/aromatic N) is 2. The number of nitrogens with one attached hydrogen (secondary N) is 2. The number of hydrogen-bond donors (Lipinski definition) is 3. The zero-order chi connectivity index (χ0) is 27.5. The minimum atomic E-state index is -3.84. The summed E-state index contributed by atoms with van der Waals surface area (Å²) in [6.07, 6.45) is 0. The average Bonchev–Trinajstić information content (AvgIpc) is 3.56. The smallest absolute Gasteiger partial charge is 0.322 e. The topological polar surface area (TPSA) is 174 Å². The van der Waals surface area contributed by atoms with Crippen LogP contribution in [0.1, 0.15) is 21.7 Å². The largest absolute Gasteiger partial charge is 0.497 e. The molecule has 4 amide bonds. The lowest BCUT2D eigenvalue weighted by Crippen LogP contribution is -2.52. The Labute approximate surface area is 221 Å². The molecule has 0 saturated carbocycles. The Morgan fingerprint density at radius 3 is 2.51 bits per heavy atom. The number of amides is 4. The summed E-state index contributed by atoms with van der Waals surface area (Å²) in [7, 11) is -2.33. The number of carbonyl (C=O) groups excluding carboxylic acids is 3. The third-order valence-electron chi connectivity index (χ3n) is 6.84. The maximum Gasteiger partial charge on any atom is 0.322 e. The molecule has 1 saturated heterocycles. The first-order chi connectivity index (χ1) is 18.6. The monoisotopic (exact) mass is 547 g/mol. The zero-order valence-electron chi connectivity index (χ0n) is 20.4. The van der Waals surface area contributed by atoms with Crippen LogP contribution in [0.25, 0.3) is 22.4 Å². The normalized spacial score (nSPS) is 18.8. The van der Waals surface area contributed by atoms with Gasteiger partial charge in [0.2, 0.25) is 10.0 Å². The fourth-order valence-corrected chi connectivity index (χ4v) is 5.36. The standard InChI is InChI=1S/C26H21N5O7S/c1-37-16-5-2-15-12-31(23(32)18(15)10-16)13-26(24(33)29-25(34)30-26)22-11-20-21(38-22)9-8-19(28-20)14-3-6-17(7-4-14)39(27,35)36/h2-11H,12-13H2,1H3,(H2,27,35,36)(H2,29,30,33,34)/t26-/m0/s1. The van der Waals surface area contributed by atoms with E-state index in [1.54, 1.807) is 48.5 Å². The Hall–Kier alpha value is -4.75. The van der Waals surface area contributed by atoms with Crippen LogP contribution in [0, 0.1) is 0 Å². The number of rotatable bonds is 6. The highest BCUT2D eigenvalue weighted by atomic mass is 32.2. The molecule has 2 aromatic carbocycles. The summed E-state index contributed by atoms with van der Waals surface area (Å²) in [4.78, 5) is 44.7. The van der Waals surface area contributed by atoms with Crippen LogP contribution < -0.4 is 20.5 Å². The van der Waals surface area contributed by atoms with Gasteiger partial charge in [-0.05, 0) is 42.0 Å². The third kappa shape index (κ3) is 4.08. The number of imide groups is 1. The van der Waals surface area contributed by atoms with Crippen molar-refractivity contribution in [3.63, 3.8) is 0 Å². The second kappa shape index (κ2) is 8.64. The van der Waals surface area contributed by atoms with E-state index in [2.05, 4.69) is 15.6 Å². The summed E-state index contributed by atoms with van der Waals surface area (Å²) in [6, 6.07) is 15.2. The van der Waals surface area contributed by atoms with Gasteiger partial charge in [0.1, 0.15) is 17.0 Å². The summed E-state index contributed by atoms with van der Waals surface area (Å²) in [5.41, 5.74) is 1.44. The first-order valence-electron chi connectivity index (χ1n) is 11.7. The number of nitrogens with two attached hydrogens (primary N) is 1. The van der Waals surface area contributed by atoms with Crippen LogP contribution in [0.15, 0.2) is 70.0 Å². The van der Waals surface area contributed by atoms with Crippen molar-refractivity contribution in [2.24, 2.45) is 5.14 Å². The number of urea groups is 1. The number of ether oxygens (including phenoxy) is 1. The lowest BCUT2D eigenvalue weighted by molar-refractivity contribution is -0.125. The van der Waals surface area contributed by atoms with E-state index in [-0.39, 0.29) is 29.7 Å². The average molecular weight is 548 g/mol. The minimum Gasteiger partial charge on any atom is -0.497 e. The molecule has 6 rings (SSSR count). The second-order valence-electron chi connectivity index (χ2n) is 9.26. The first kappa shape index (κ1) is 24.6. The van der Waals surface area contributed by atoms with Crippen molar-refractivity contribution in [2.75, 3.05) is 13.7 Å². The Morgan fingerprint density at radius 2 is 1.85 bits per heavy atom. The fraction of sp³-hybridized carbons (Fsp3) is 0.154. The van der Waals surface area contributed by atoms with Crippen molar-refractivity contribution in [3.05, 3.63) is 77.6 Å². The van der Waals surface area contributed by atoms with Gasteiger partial charge in [0.15, 0.2) is 11.1 Å². The molecular formula is C26H21N5O7S. The predicted molar refractivity (Wildman–Crippen MR) is 137 cm³/mol. The molecular weight excluding hydrogens is 526 g/mol. The number of benzene rings is 2. The summed E-state index contributed by atoms with van der Waals surface area (Å²) in [5.74, 6) is -0.330. The number of hydrogen-bond acceptors (Lipinski definition) is 8. The van der Waals surface area contributed by atoms with Crippen molar-refractivity contribution in [1.29, 1.82) is 0 Å². The van der Waals surface area contributed by atoms with E-state index in [0.29, 0.717) is 33.7 Å². The van der Waals surface area contributed by atoms with E-state index in [1.807, 2.05) is 0 Å². The molecule has 4 N–H and O–H groups in total. The molecule has 1 atom stereocenters. The lowest BCUT2D eigenvalue weighted by atomic mass is 9.95. The van der Waals surface area contributed by atoms with Crippen LogP contribution in [0.2, 0.25) is 0 Å². The molecule has 2 aromatic heterocycles. The maximum absolute atomic E-state index is 13.2. The highest BCUT2D eigenvalue weighted by Crippen LogP contribution is 2.35. The molecule has 13 heteroatoms. The van der Waals surface area contributed by atoms with Crippen molar-refractivity contribution >= 4 is 39.0 Å². The maximum atomic E-state index is 13.2. The fourth-order valence-electron chi connectivity index (χ4n) is 4.85. The van der Waals surface area contributed by atoms with Gasteiger partial charge in [-0.15, -0.1) is 0 Å². The second-order valence-corrected chi connectivity index (χ2v) is 10.8. The van der Waals surface area contributed by atoms with Gasteiger partial charge in [-0.3, -0.25) is 14.9 Å². The molecule has 0 unspecified atom stereocenters. The van der Waals surface area contributed by atoms with Gasteiger partial charge in [-0.1, -0.05) is 18.2 Å². The Bertz CT molecular complexity index is 1800. The molecule has 0 aliphatic carbocycles. The van der Waals surface area contributed by atoms with Crippen molar-refractivity contribution in [2.45, 2.75) is 17.0 Å². The number of aromatic nitrogens is 1. The van der Waals surface area contributed by atoms with Crippen LogP contribution in [0.4, 0.5) is 4.79 Å². The minimum absolute atomic E-state index is 0.0279. The molecule has 198 valence electrons. The van der Waals surface area contributed by atoms with Crippen molar-refractivity contribution in [3.8, 4) is 17.0 Å². The summed E-state index contributed by atoms with van der Waals surface area (Å²) in [5, 5.41) is 10.1. The van der Waals surface area contributed by atoms with Gasteiger partial charge in [-0.25, -0.2) is 23.3 Å². The van der Waals surface area contributed by atoms with Gasteiger partial charge >= 0.3 is 6.03 Å². The number of furan rings is 1. The van der Waals surface area contributed by atoms with E-state index < -0.39 is 27.5 Å². The molecule has 2 aliphatic heterocycles. The highest BCUT2D eigenvalue weighted by Gasteiger charge is 2.53. The molecule has 4 aromatic rings. The number of carbonyl (C=O) groups is 3. The summed E-state index contributed by atoms with van der Waals surface area (Å²) < 4.78 is 34.3. The van der Waals surface area contributed by atoms with Crippen LogP contribution in [-0.2, 0) is 26.9 Å². The van der Waals surface area contributed by atoms with Crippen molar-refractivity contribution in [1.82, 2.24) is 20.5 Å².